The Bertz CT molecular complexity index is 1030. The van der Waals surface area contributed by atoms with Crippen LogP contribution >= 0.6 is 0 Å². The molecule has 1 saturated carbocycles. The highest BCUT2D eigenvalue weighted by atomic mass is 16.5. The van der Waals surface area contributed by atoms with E-state index in [-0.39, 0.29) is 23.7 Å². The molecule has 174 valence electrons. The summed E-state index contributed by atoms with van der Waals surface area (Å²) in [4.78, 5) is 26.5. The summed E-state index contributed by atoms with van der Waals surface area (Å²) in [6, 6.07) is 8.72. The number of carboxylic acid groups (broad SMARTS) is 1. The maximum atomic E-state index is 13.3. The Morgan fingerprint density at radius 3 is 2.36 bits per heavy atom. The molecule has 0 atom stereocenters. The Morgan fingerprint density at radius 2 is 1.76 bits per heavy atom. The first kappa shape index (κ1) is 22.7. The van der Waals surface area contributed by atoms with Crippen molar-refractivity contribution in [1.82, 2.24) is 15.5 Å². The number of amides is 1. The van der Waals surface area contributed by atoms with Crippen molar-refractivity contribution in [3.05, 3.63) is 41.5 Å². The minimum Gasteiger partial charge on any atom is -0.481 e. The average Bonchev–Trinajstić information content (AvgIpc) is 2.84. The molecular formula is C23H28N6O4. The SMILES string of the molecule is N=C(N)c1ccc(-c2cc(C(=O)N[C@H]3CC[C@H](C(=O)O)CC3)c(N3CCOCC3)nn2)cc1. The van der Waals surface area contributed by atoms with Crippen LogP contribution in [0.3, 0.4) is 0 Å². The summed E-state index contributed by atoms with van der Waals surface area (Å²) >= 11 is 0. The third kappa shape index (κ3) is 5.28. The minimum absolute atomic E-state index is 0.0204. The van der Waals surface area contributed by atoms with Crippen molar-refractivity contribution in [1.29, 1.82) is 5.41 Å². The van der Waals surface area contributed by atoms with E-state index in [9.17, 15) is 14.7 Å². The van der Waals surface area contributed by atoms with Crippen molar-refractivity contribution in [2.24, 2.45) is 11.7 Å². The van der Waals surface area contributed by atoms with Gasteiger partial charge in [-0.2, -0.15) is 0 Å². The second-order valence-electron chi connectivity index (χ2n) is 8.42. The molecular weight excluding hydrogens is 424 g/mol. The molecule has 1 aromatic heterocycles. The summed E-state index contributed by atoms with van der Waals surface area (Å²) in [5.41, 5.74) is 7.87. The van der Waals surface area contributed by atoms with E-state index < -0.39 is 5.97 Å². The van der Waals surface area contributed by atoms with Gasteiger partial charge in [0.2, 0.25) is 0 Å². The molecule has 1 aromatic carbocycles. The lowest BCUT2D eigenvalue weighted by Crippen LogP contribution is -2.41. The van der Waals surface area contributed by atoms with Gasteiger partial charge in [0.25, 0.3) is 5.91 Å². The number of amidine groups is 1. The first-order chi connectivity index (χ1) is 15.9. The van der Waals surface area contributed by atoms with E-state index in [1.165, 1.54) is 0 Å². The lowest BCUT2D eigenvalue weighted by molar-refractivity contribution is -0.142. The molecule has 2 heterocycles. The molecule has 5 N–H and O–H groups in total. The first-order valence-corrected chi connectivity index (χ1v) is 11.1. The number of anilines is 1. The number of nitrogens with one attached hydrogen (secondary N) is 2. The Morgan fingerprint density at radius 1 is 1.09 bits per heavy atom. The Kier molecular flexibility index (Phi) is 6.83. The number of aliphatic carboxylic acids is 1. The molecule has 1 amide bonds. The van der Waals surface area contributed by atoms with Gasteiger partial charge in [-0.05, 0) is 31.7 Å². The summed E-state index contributed by atoms with van der Waals surface area (Å²) in [5.74, 6) is -0.860. The lowest BCUT2D eigenvalue weighted by atomic mass is 9.86. The van der Waals surface area contributed by atoms with Crippen LogP contribution in [0.4, 0.5) is 5.82 Å². The van der Waals surface area contributed by atoms with Crippen LogP contribution in [0, 0.1) is 11.3 Å². The monoisotopic (exact) mass is 452 g/mol. The maximum Gasteiger partial charge on any atom is 0.306 e. The second-order valence-corrected chi connectivity index (χ2v) is 8.42. The van der Waals surface area contributed by atoms with Crippen LogP contribution in [0.2, 0.25) is 0 Å². The molecule has 10 heteroatoms. The van der Waals surface area contributed by atoms with Gasteiger partial charge in [0.15, 0.2) is 5.82 Å². The van der Waals surface area contributed by atoms with Crippen LogP contribution in [-0.2, 0) is 9.53 Å². The van der Waals surface area contributed by atoms with Crippen molar-refractivity contribution in [3.8, 4) is 11.3 Å². The normalized spacial score (nSPS) is 20.8. The van der Waals surface area contributed by atoms with Crippen molar-refractivity contribution in [2.75, 3.05) is 31.2 Å². The van der Waals surface area contributed by atoms with Crippen LogP contribution in [-0.4, -0.2) is 65.4 Å². The predicted octanol–water partition coefficient (Wildman–Crippen LogP) is 1.64. The number of ether oxygens (including phenoxy) is 1. The van der Waals surface area contributed by atoms with Gasteiger partial charge in [-0.25, -0.2) is 0 Å². The zero-order valence-corrected chi connectivity index (χ0v) is 18.3. The number of nitrogen functional groups attached to an aromatic ring is 1. The molecule has 0 bridgehead atoms. The van der Waals surface area contributed by atoms with E-state index in [0.29, 0.717) is 74.6 Å². The smallest absolute Gasteiger partial charge is 0.306 e. The number of carboxylic acids is 1. The third-order valence-electron chi connectivity index (χ3n) is 6.23. The topological polar surface area (TPSA) is 155 Å². The van der Waals surface area contributed by atoms with Gasteiger partial charge < -0.3 is 25.8 Å². The second kappa shape index (κ2) is 9.95. The number of aromatic nitrogens is 2. The highest BCUT2D eigenvalue weighted by Crippen LogP contribution is 2.27. The van der Waals surface area contributed by atoms with Gasteiger partial charge in [0.05, 0.1) is 30.4 Å². The Labute approximate surface area is 191 Å². The summed E-state index contributed by atoms with van der Waals surface area (Å²) in [6.45, 7) is 2.34. The van der Waals surface area contributed by atoms with E-state index >= 15 is 0 Å². The van der Waals surface area contributed by atoms with Crippen LogP contribution in [0.5, 0.6) is 0 Å². The Balaban J connectivity index is 1.59. The van der Waals surface area contributed by atoms with Crippen LogP contribution in [0.1, 0.15) is 41.6 Å². The van der Waals surface area contributed by atoms with Crippen molar-refractivity contribution in [3.63, 3.8) is 0 Å². The van der Waals surface area contributed by atoms with Gasteiger partial charge in [0.1, 0.15) is 5.84 Å². The van der Waals surface area contributed by atoms with E-state index in [0.717, 1.165) is 5.56 Å². The molecule has 0 spiro atoms. The van der Waals surface area contributed by atoms with Crippen molar-refractivity contribution in [2.45, 2.75) is 31.7 Å². The van der Waals surface area contributed by atoms with Gasteiger partial charge >= 0.3 is 5.97 Å². The molecule has 33 heavy (non-hydrogen) atoms. The molecule has 4 rings (SSSR count). The number of hydrogen-bond donors (Lipinski definition) is 4. The predicted molar refractivity (Wildman–Crippen MR) is 122 cm³/mol. The zero-order chi connectivity index (χ0) is 23.4. The van der Waals surface area contributed by atoms with Crippen LogP contribution in [0.25, 0.3) is 11.3 Å². The van der Waals surface area contributed by atoms with Crippen LogP contribution < -0.4 is 16.0 Å². The zero-order valence-electron chi connectivity index (χ0n) is 18.3. The molecule has 1 aliphatic carbocycles. The van der Waals surface area contributed by atoms with Gasteiger partial charge in [-0.15, -0.1) is 10.2 Å². The first-order valence-electron chi connectivity index (χ1n) is 11.1. The number of morpholine rings is 1. The molecule has 0 unspecified atom stereocenters. The third-order valence-corrected chi connectivity index (χ3v) is 6.23. The largest absolute Gasteiger partial charge is 0.481 e. The number of carbonyl (C=O) groups is 2. The minimum atomic E-state index is -0.770. The van der Waals surface area contributed by atoms with E-state index in [2.05, 4.69) is 15.5 Å². The number of nitrogens with two attached hydrogens (primary N) is 1. The molecule has 0 radical (unpaired) electrons. The van der Waals surface area contributed by atoms with Crippen LogP contribution in [0.15, 0.2) is 30.3 Å². The summed E-state index contributed by atoms with van der Waals surface area (Å²) in [5, 5.41) is 28.6. The Hall–Kier alpha value is -3.53. The van der Waals surface area contributed by atoms with E-state index in [1.54, 1.807) is 30.3 Å². The summed E-state index contributed by atoms with van der Waals surface area (Å²) < 4.78 is 5.43. The fraction of sp³-hybridized carbons (Fsp3) is 0.435. The molecule has 10 nitrogen and oxygen atoms in total. The molecule has 2 aromatic rings. The van der Waals surface area contributed by atoms with Crippen molar-refractivity contribution < 1.29 is 19.4 Å². The number of benzene rings is 1. The van der Waals surface area contributed by atoms with Crippen molar-refractivity contribution >= 4 is 23.5 Å². The van der Waals surface area contributed by atoms with E-state index in [1.807, 2.05) is 4.90 Å². The number of nitrogens with zero attached hydrogens (tertiary/aromatic N) is 3. The van der Waals surface area contributed by atoms with E-state index in [4.69, 9.17) is 15.9 Å². The van der Waals surface area contributed by atoms with Gasteiger partial charge in [-0.1, -0.05) is 24.3 Å². The molecule has 1 saturated heterocycles. The molecule has 2 fully saturated rings. The highest BCUT2D eigenvalue weighted by molar-refractivity contribution is 6.00. The quantitative estimate of drug-likeness (QED) is 0.381. The van der Waals surface area contributed by atoms with Gasteiger partial charge in [0, 0.05) is 30.3 Å². The molecule has 1 aliphatic heterocycles. The maximum absolute atomic E-state index is 13.3. The number of hydrogen-bond acceptors (Lipinski definition) is 7. The van der Waals surface area contributed by atoms with Gasteiger partial charge in [-0.3, -0.25) is 15.0 Å². The fourth-order valence-corrected chi connectivity index (χ4v) is 4.27. The number of rotatable bonds is 6. The fourth-order valence-electron chi connectivity index (χ4n) is 4.27. The average molecular weight is 453 g/mol. The summed E-state index contributed by atoms with van der Waals surface area (Å²) in [6.07, 6.45) is 2.37. The lowest BCUT2D eigenvalue weighted by Gasteiger charge is -2.30. The standard InChI is InChI=1S/C23H28N6O4/c24-20(25)15-3-1-14(2-4-15)19-13-18(21(28-27-19)29-9-11-33-12-10-29)22(30)26-17-7-5-16(6-8-17)23(31)32/h1-4,13,16-17H,5-12H2,(H3,24,25)(H,26,30)(H,31,32)/t16-,17-. The highest BCUT2D eigenvalue weighted by Gasteiger charge is 2.29. The number of carbonyl (C=O) groups excluding carboxylic acids is 1. The molecule has 2 aliphatic rings. The summed E-state index contributed by atoms with van der Waals surface area (Å²) in [7, 11) is 0.